The second kappa shape index (κ2) is 4.59. The van der Waals surface area contributed by atoms with E-state index < -0.39 is 0 Å². The fourth-order valence-corrected chi connectivity index (χ4v) is 1.73. The molecular formula is C11H14FN3O. The Morgan fingerprint density at radius 1 is 1.25 bits per heavy atom. The fourth-order valence-electron chi connectivity index (χ4n) is 1.73. The smallest absolute Gasteiger partial charge is 0.254 e. The lowest BCUT2D eigenvalue weighted by atomic mass is 10.2. The third-order valence-corrected chi connectivity index (χ3v) is 2.67. The number of hydrogen-bond donors (Lipinski definition) is 1. The molecule has 86 valence electrons. The van der Waals surface area contributed by atoms with Crippen molar-refractivity contribution in [1.29, 1.82) is 0 Å². The van der Waals surface area contributed by atoms with Crippen molar-refractivity contribution < 1.29 is 9.18 Å². The molecule has 5 heteroatoms. The van der Waals surface area contributed by atoms with E-state index in [4.69, 9.17) is 5.84 Å². The summed E-state index contributed by atoms with van der Waals surface area (Å²) in [6, 6.07) is 5.76. The van der Waals surface area contributed by atoms with Crippen LogP contribution < -0.4 is 5.84 Å². The second-order valence-electron chi connectivity index (χ2n) is 3.84. The van der Waals surface area contributed by atoms with E-state index in [2.05, 4.69) is 0 Å². The summed E-state index contributed by atoms with van der Waals surface area (Å²) in [6.45, 7) is 2.49. The van der Waals surface area contributed by atoms with Crippen molar-refractivity contribution in [3.05, 3.63) is 35.6 Å². The van der Waals surface area contributed by atoms with Crippen LogP contribution in [0.1, 0.15) is 10.4 Å². The van der Waals surface area contributed by atoms with Gasteiger partial charge in [-0.05, 0) is 18.2 Å². The van der Waals surface area contributed by atoms with Gasteiger partial charge in [0.1, 0.15) is 5.82 Å². The summed E-state index contributed by atoms with van der Waals surface area (Å²) in [6.07, 6.45) is 0. The summed E-state index contributed by atoms with van der Waals surface area (Å²) < 4.78 is 13.0. The van der Waals surface area contributed by atoms with Gasteiger partial charge < -0.3 is 4.90 Å². The van der Waals surface area contributed by atoms with Gasteiger partial charge in [0.2, 0.25) is 0 Å². The average molecular weight is 223 g/mol. The van der Waals surface area contributed by atoms with Crippen molar-refractivity contribution in [2.75, 3.05) is 26.2 Å². The molecule has 0 unspecified atom stereocenters. The zero-order valence-corrected chi connectivity index (χ0v) is 8.90. The maximum absolute atomic E-state index is 13.0. The van der Waals surface area contributed by atoms with Crippen LogP contribution >= 0.6 is 0 Å². The molecule has 0 aliphatic carbocycles. The summed E-state index contributed by atoms with van der Waals surface area (Å²) in [4.78, 5) is 13.7. The van der Waals surface area contributed by atoms with Crippen LogP contribution in [0, 0.1) is 5.82 Å². The number of hydrazine groups is 1. The van der Waals surface area contributed by atoms with Crippen LogP contribution in [0.3, 0.4) is 0 Å². The molecule has 0 spiro atoms. The number of nitrogens with two attached hydrogens (primary N) is 1. The molecule has 0 atom stereocenters. The zero-order valence-electron chi connectivity index (χ0n) is 8.90. The van der Waals surface area contributed by atoms with Crippen molar-refractivity contribution in [3.8, 4) is 0 Å². The Morgan fingerprint density at radius 2 is 1.94 bits per heavy atom. The molecule has 4 nitrogen and oxygen atoms in total. The number of carbonyl (C=O) groups is 1. The molecule has 1 aliphatic heterocycles. The largest absolute Gasteiger partial charge is 0.336 e. The molecule has 16 heavy (non-hydrogen) atoms. The molecule has 0 bridgehead atoms. The quantitative estimate of drug-likeness (QED) is 0.703. The monoisotopic (exact) mass is 223 g/mol. The van der Waals surface area contributed by atoms with Crippen molar-refractivity contribution in [1.82, 2.24) is 9.91 Å². The van der Waals surface area contributed by atoms with Crippen LogP contribution in [0.15, 0.2) is 24.3 Å². The third-order valence-electron chi connectivity index (χ3n) is 2.67. The van der Waals surface area contributed by atoms with E-state index >= 15 is 0 Å². The molecule has 1 aromatic carbocycles. The lowest BCUT2D eigenvalue weighted by Crippen LogP contribution is -2.51. The minimum absolute atomic E-state index is 0.132. The van der Waals surface area contributed by atoms with E-state index in [0.29, 0.717) is 31.7 Å². The molecule has 2 N–H and O–H groups in total. The number of nitrogens with zero attached hydrogens (tertiary/aromatic N) is 2. The van der Waals surface area contributed by atoms with E-state index in [-0.39, 0.29) is 11.7 Å². The number of amides is 1. The Balaban J connectivity index is 2.08. The van der Waals surface area contributed by atoms with Gasteiger partial charge in [-0.25, -0.2) is 9.40 Å². The SMILES string of the molecule is NN1CCN(C(=O)c2cccc(F)c2)CC1. The molecule has 1 heterocycles. The topological polar surface area (TPSA) is 49.6 Å². The maximum Gasteiger partial charge on any atom is 0.254 e. The van der Waals surface area contributed by atoms with Crippen LogP contribution in [-0.2, 0) is 0 Å². The molecule has 1 fully saturated rings. The first-order valence-corrected chi connectivity index (χ1v) is 5.21. The molecule has 1 aliphatic rings. The van der Waals surface area contributed by atoms with Crippen LogP contribution in [-0.4, -0.2) is 42.0 Å². The number of benzene rings is 1. The highest BCUT2D eigenvalue weighted by Crippen LogP contribution is 2.09. The van der Waals surface area contributed by atoms with Crippen LogP contribution in [0.4, 0.5) is 4.39 Å². The van der Waals surface area contributed by atoms with Crippen LogP contribution in [0.25, 0.3) is 0 Å². The summed E-state index contributed by atoms with van der Waals surface area (Å²) >= 11 is 0. The Labute approximate surface area is 93.4 Å². The molecule has 1 amide bonds. The van der Waals surface area contributed by atoms with Gasteiger partial charge in [-0.1, -0.05) is 6.07 Å². The zero-order chi connectivity index (χ0) is 11.5. The van der Waals surface area contributed by atoms with E-state index in [1.807, 2.05) is 0 Å². The minimum Gasteiger partial charge on any atom is -0.336 e. The summed E-state index contributed by atoms with van der Waals surface area (Å²) in [5, 5.41) is 1.68. The van der Waals surface area contributed by atoms with Gasteiger partial charge in [0, 0.05) is 31.7 Å². The first-order valence-electron chi connectivity index (χ1n) is 5.21. The Kier molecular flexibility index (Phi) is 3.17. The molecular weight excluding hydrogens is 209 g/mol. The van der Waals surface area contributed by atoms with E-state index in [1.165, 1.54) is 12.1 Å². The van der Waals surface area contributed by atoms with Crippen LogP contribution in [0.5, 0.6) is 0 Å². The molecule has 1 aromatic rings. The molecule has 1 saturated heterocycles. The van der Waals surface area contributed by atoms with Crippen LogP contribution in [0.2, 0.25) is 0 Å². The number of piperazine rings is 1. The standard InChI is InChI=1S/C11H14FN3O/c12-10-3-1-2-9(8-10)11(16)14-4-6-15(13)7-5-14/h1-3,8H,4-7,13H2. The minimum atomic E-state index is -0.386. The van der Waals surface area contributed by atoms with Gasteiger partial charge >= 0.3 is 0 Å². The van der Waals surface area contributed by atoms with Crippen molar-refractivity contribution in [3.63, 3.8) is 0 Å². The van der Waals surface area contributed by atoms with Gasteiger partial charge in [-0.15, -0.1) is 0 Å². The number of rotatable bonds is 1. The van der Waals surface area contributed by atoms with Crippen molar-refractivity contribution in [2.24, 2.45) is 5.84 Å². The number of halogens is 1. The van der Waals surface area contributed by atoms with E-state index in [0.717, 1.165) is 0 Å². The maximum atomic E-state index is 13.0. The normalized spacial score (nSPS) is 17.5. The van der Waals surface area contributed by atoms with E-state index in [1.54, 1.807) is 22.0 Å². The summed E-state index contributed by atoms with van der Waals surface area (Å²) in [5.74, 6) is 5.08. The predicted molar refractivity (Wildman–Crippen MR) is 58.1 cm³/mol. The van der Waals surface area contributed by atoms with Gasteiger partial charge in [0.25, 0.3) is 5.91 Å². The first kappa shape index (κ1) is 11.0. The molecule has 0 radical (unpaired) electrons. The average Bonchev–Trinajstić information content (AvgIpc) is 2.29. The predicted octanol–water partition coefficient (Wildman–Crippen LogP) is 0.457. The third kappa shape index (κ3) is 2.37. The molecule has 0 aromatic heterocycles. The Bertz CT molecular complexity index is 389. The lowest BCUT2D eigenvalue weighted by molar-refractivity contribution is 0.0637. The van der Waals surface area contributed by atoms with E-state index in [9.17, 15) is 9.18 Å². The highest BCUT2D eigenvalue weighted by Gasteiger charge is 2.20. The van der Waals surface area contributed by atoms with Gasteiger partial charge in [0.05, 0.1) is 0 Å². The Morgan fingerprint density at radius 3 is 2.56 bits per heavy atom. The second-order valence-corrected chi connectivity index (χ2v) is 3.84. The molecule has 2 rings (SSSR count). The van der Waals surface area contributed by atoms with Crippen molar-refractivity contribution in [2.45, 2.75) is 0 Å². The van der Waals surface area contributed by atoms with Gasteiger partial charge in [0.15, 0.2) is 0 Å². The summed E-state index contributed by atoms with van der Waals surface area (Å²) in [5.41, 5.74) is 0.394. The highest BCUT2D eigenvalue weighted by molar-refractivity contribution is 5.94. The van der Waals surface area contributed by atoms with Crippen molar-refractivity contribution >= 4 is 5.91 Å². The lowest BCUT2D eigenvalue weighted by Gasteiger charge is -2.32. The molecule has 0 saturated carbocycles. The van der Waals surface area contributed by atoms with Gasteiger partial charge in [-0.3, -0.25) is 10.6 Å². The number of carbonyl (C=O) groups excluding carboxylic acids is 1. The summed E-state index contributed by atoms with van der Waals surface area (Å²) in [7, 11) is 0. The number of hydrogen-bond acceptors (Lipinski definition) is 3. The highest BCUT2D eigenvalue weighted by atomic mass is 19.1. The first-order chi connectivity index (χ1) is 7.66. The fraction of sp³-hybridized carbons (Fsp3) is 0.364. The Hall–Kier alpha value is -1.46. The van der Waals surface area contributed by atoms with Gasteiger partial charge in [-0.2, -0.15) is 0 Å².